The molecule has 1 unspecified atom stereocenters. The monoisotopic (exact) mass is 463 g/mol. The smallest absolute Gasteiger partial charge is 0.230 e. The van der Waals surface area contributed by atoms with E-state index in [9.17, 15) is 4.79 Å². The first kappa shape index (κ1) is 23.5. The minimum Gasteiger partial charge on any atom is -0.351 e. The topological polar surface area (TPSA) is 63.1 Å². The molecule has 1 aromatic heterocycles. The normalized spacial score (nSPS) is 16.8. The zero-order chi connectivity index (χ0) is 23.4. The van der Waals surface area contributed by atoms with Crippen LogP contribution in [0.5, 0.6) is 0 Å². The summed E-state index contributed by atoms with van der Waals surface area (Å²) in [5.74, 6) is 1.20. The Hall–Kier alpha value is -2.64. The van der Waals surface area contributed by atoms with Crippen molar-refractivity contribution in [3.8, 4) is 11.4 Å². The van der Waals surface area contributed by atoms with Crippen molar-refractivity contribution in [2.45, 2.75) is 50.4 Å². The molecule has 3 aromatic rings. The van der Waals surface area contributed by atoms with E-state index in [0.717, 1.165) is 42.6 Å². The van der Waals surface area contributed by atoms with Crippen LogP contribution in [0, 0.1) is 0 Å². The molecule has 0 bridgehead atoms. The number of nitrogens with zero attached hydrogens (tertiary/aromatic N) is 4. The van der Waals surface area contributed by atoms with Crippen LogP contribution >= 0.6 is 11.8 Å². The molecule has 0 saturated carbocycles. The van der Waals surface area contributed by atoms with Gasteiger partial charge in [-0.1, -0.05) is 87.1 Å². The summed E-state index contributed by atoms with van der Waals surface area (Å²) in [7, 11) is 1.95. The second-order valence-electron chi connectivity index (χ2n) is 9.76. The molecule has 1 aliphatic heterocycles. The van der Waals surface area contributed by atoms with Crippen molar-refractivity contribution >= 4 is 17.7 Å². The van der Waals surface area contributed by atoms with Crippen LogP contribution in [0.15, 0.2) is 59.8 Å². The van der Waals surface area contributed by atoms with Crippen molar-refractivity contribution in [2.75, 3.05) is 18.8 Å². The average molecular weight is 464 g/mol. The van der Waals surface area contributed by atoms with Gasteiger partial charge in [0.05, 0.1) is 5.75 Å². The van der Waals surface area contributed by atoms with Crippen LogP contribution in [0.3, 0.4) is 0 Å². The van der Waals surface area contributed by atoms with E-state index >= 15 is 0 Å². The summed E-state index contributed by atoms with van der Waals surface area (Å²) >= 11 is 1.43. The van der Waals surface area contributed by atoms with Gasteiger partial charge in [0.1, 0.15) is 0 Å². The predicted molar refractivity (Wildman–Crippen MR) is 134 cm³/mol. The van der Waals surface area contributed by atoms with Gasteiger partial charge < -0.3 is 9.88 Å². The Balaban J connectivity index is 1.27. The Labute approximate surface area is 200 Å². The first-order valence-corrected chi connectivity index (χ1v) is 12.5. The molecule has 33 heavy (non-hydrogen) atoms. The lowest BCUT2D eigenvalue weighted by molar-refractivity contribution is -0.119. The quantitative estimate of drug-likeness (QED) is 0.531. The SMILES string of the molecule is Cn1c(SCC(=O)NC2CCN(Cc3ccccc3)C2)nnc1-c1ccc(C(C)(C)C)cc1. The number of thioether (sulfide) groups is 1. The van der Waals surface area contributed by atoms with Crippen LogP contribution < -0.4 is 5.32 Å². The molecule has 0 aliphatic carbocycles. The van der Waals surface area contributed by atoms with Gasteiger partial charge in [-0.25, -0.2) is 0 Å². The first-order chi connectivity index (χ1) is 15.8. The fourth-order valence-electron chi connectivity index (χ4n) is 4.15. The first-order valence-electron chi connectivity index (χ1n) is 11.5. The summed E-state index contributed by atoms with van der Waals surface area (Å²) in [5, 5.41) is 12.6. The number of nitrogens with one attached hydrogen (secondary N) is 1. The molecule has 1 amide bonds. The van der Waals surface area contributed by atoms with Crippen molar-refractivity contribution in [1.82, 2.24) is 25.0 Å². The molecular formula is C26H33N5OS. The fraction of sp³-hybridized carbons (Fsp3) is 0.423. The van der Waals surface area contributed by atoms with E-state index in [0.29, 0.717) is 5.75 Å². The molecule has 2 aromatic carbocycles. The second kappa shape index (κ2) is 10.1. The summed E-state index contributed by atoms with van der Waals surface area (Å²) in [6.45, 7) is 9.45. The molecule has 0 spiro atoms. The minimum absolute atomic E-state index is 0.0469. The third kappa shape index (κ3) is 6.03. The number of hydrogen-bond donors (Lipinski definition) is 1. The Bertz CT molecular complexity index is 1070. The zero-order valence-electron chi connectivity index (χ0n) is 19.9. The van der Waals surface area contributed by atoms with Gasteiger partial charge in [-0.3, -0.25) is 9.69 Å². The highest BCUT2D eigenvalue weighted by Gasteiger charge is 2.24. The number of likely N-dealkylation sites (tertiary alicyclic amines) is 1. The molecule has 2 heterocycles. The Morgan fingerprint density at radius 2 is 1.82 bits per heavy atom. The lowest BCUT2D eigenvalue weighted by Gasteiger charge is -2.19. The van der Waals surface area contributed by atoms with Crippen molar-refractivity contribution in [2.24, 2.45) is 7.05 Å². The predicted octanol–water partition coefficient (Wildman–Crippen LogP) is 4.26. The molecular weight excluding hydrogens is 430 g/mol. The van der Waals surface area contributed by atoms with E-state index in [4.69, 9.17) is 0 Å². The van der Waals surface area contributed by atoms with E-state index in [1.165, 1.54) is 22.9 Å². The van der Waals surface area contributed by atoms with Crippen molar-refractivity contribution in [3.63, 3.8) is 0 Å². The lowest BCUT2D eigenvalue weighted by atomic mass is 9.87. The Morgan fingerprint density at radius 1 is 1.09 bits per heavy atom. The van der Waals surface area contributed by atoms with E-state index < -0.39 is 0 Å². The number of carbonyl (C=O) groups is 1. The molecule has 1 saturated heterocycles. The summed E-state index contributed by atoms with van der Waals surface area (Å²) in [6, 6.07) is 19.2. The standard InChI is InChI=1S/C26H33N5OS/c1-26(2,3)21-12-10-20(11-13-21)24-28-29-25(30(24)4)33-18-23(32)27-22-14-15-31(17-22)16-19-8-6-5-7-9-19/h5-13,22H,14-18H2,1-4H3,(H,27,32). The zero-order valence-corrected chi connectivity index (χ0v) is 20.7. The summed E-state index contributed by atoms with van der Waals surface area (Å²) < 4.78 is 1.96. The summed E-state index contributed by atoms with van der Waals surface area (Å²) in [4.78, 5) is 14.9. The summed E-state index contributed by atoms with van der Waals surface area (Å²) in [5.41, 5.74) is 3.74. The van der Waals surface area contributed by atoms with E-state index in [1.54, 1.807) is 0 Å². The number of hydrogen-bond acceptors (Lipinski definition) is 5. The lowest BCUT2D eigenvalue weighted by Crippen LogP contribution is -2.38. The molecule has 4 rings (SSSR count). The van der Waals surface area contributed by atoms with Crippen LogP contribution in [0.25, 0.3) is 11.4 Å². The highest BCUT2D eigenvalue weighted by molar-refractivity contribution is 7.99. The maximum atomic E-state index is 12.5. The van der Waals surface area contributed by atoms with Gasteiger partial charge in [0.15, 0.2) is 11.0 Å². The van der Waals surface area contributed by atoms with Gasteiger partial charge in [-0.05, 0) is 23.0 Å². The van der Waals surface area contributed by atoms with Gasteiger partial charge in [0.25, 0.3) is 0 Å². The molecule has 1 aliphatic rings. The number of aromatic nitrogens is 3. The van der Waals surface area contributed by atoms with E-state index in [2.05, 4.69) is 89.7 Å². The van der Waals surface area contributed by atoms with Crippen LogP contribution in [0.4, 0.5) is 0 Å². The summed E-state index contributed by atoms with van der Waals surface area (Å²) in [6.07, 6.45) is 0.988. The highest BCUT2D eigenvalue weighted by Crippen LogP contribution is 2.27. The van der Waals surface area contributed by atoms with Gasteiger partial charge in [-0.2, -0.15) is 0 Å². The van der Waals surface area contributed by atoms with E-state index in [1.807, 2.05) is 17.7 Å². The molecule has 1 atom stereocenters. The van der Waals surface area contributed by atoms with E-state index in [-0.39, 0.29) is 17.4 Å². The molecule has 6 nitrogen and oxygen atoms in total. The number of amides is 1. The highest BCUT2D eigenvalue weighted by atomic mass is 32.2. The molecule has 174 valence electrons. The van der Waals surface area contributed by atoms with Crippen LogP contribution in [-0.4, -0.2) is 50.5 Å². The Kier molecular flexibility index (Phi) is 7.20. The molecule has 0 radical (unpaired) electrons. The molecule has 1 N–H and O–H groups in total. The minimum atomic E-state index is 0.0469. The fourth-order valence-corrected chi connectivity index (χ4v) is 4.87. The van der Waals surface area contributed by atoms with Gasteiger partial charge in [-0.15, -0.1) is 10.2 Å². The van der Waals surface area contributed by atoms with Crippen molar-refractivity contribution < 1.29 is 4.79 Å². The number of carbonyl (C=O) groups excluding carboxylic acids is 1. The van der Waals surface area contributed by atoms with Crippen molar-refractivity contribution in [1.29, 1.82) is 0 Å². The number of rotatable bonds is 7. The second-order valence-corrected chi connectivity index (χ2v) is 10.7. The third-order valence-electron chi connectivity index (χ3n) is 6.06. The maximum Gasteiger partial charge on any atom is 0.230 e. The average Bonchev–Trinajstić information content (AvgIpc) is 3.38. The molecule has 7 heteroatoms. The molecule has 1 fully saturated rings. The largest absolute Gasteiger partial charge is 0.351 e. The number of benzene rings is 2. The van der Waals surface area contributed by atoms with Gasteiger partial charge in [0.2, 0.25) is 5.91 Å². The Morgan fingerprint density at radius 3 is 2.52 bits per heavy atom. The van der Waals surface area contributed by atoms with Gasteiger partial charge >= 0.3 is 0 Å². The van der Waals surface area contributed by atoms with Crippen LogP contribution in [0.2, 0.25) is 0 Å². The van der Waals surface area contributed by atoms with Gasteiger partial charge in [0, 0.05) is 38.3 Å². The van der Waals surface area contributed by atoms with Crippen LogP contribution in [-0.2, 0) is 23.8 Å². The maximum absolute atomic E-state index is 12.5. The third-order valence-corrected chi connectivity index (χ3v) is 7.08. The van der Waals surface area contributed by atoms with Crippen LogP contribution in [0.1, 0.15) is 38.3 Å². The van der Waals surface area contributed by atoms with Crippen molar-refractivity contribution in [3.05, 3.63) is 65.7 Å².